The Morgan fingerprint density at radius 1 is 1.14 bits per heavy atom. The number of nitrogens with one attached hydrogen (secondary N) is 2. The maximum absolute atomic E-state index is 12.0. The largest absolute Gasteiger partial charge is 0.506 e. The van der Waals surface area contributed by atoms with Crippen LogP contribution in [0.4, 0.5) is 11.4 Å². The monoisotopic (exact) mass is 439 g/mol. The number of aromatic hydroxyl groups is 1. The molecule has 0 atom stereocenters. The van der Waals surface area contributed by atoms with Crippen molar-refractivity contribution in [2.75, 3.05) is 14.8 Å². The van der Waals surface area contributed by atoms with Gasteiger partial charge in [-0.3, -0.25) is 4.72 Å². The molecule has 29 heavy (non-hydrogen) atoms. The first-order valence-corrected chi connectivity index (χ1v) is 11.7. The highest BCUT2D eigenvalue weighted by atomic mass is 32.2. The molecule has 1 aliphatic rings. The third-order valence-corrected chi connectivity index (χ3v) is 6.89. The minimum absolute atomic E-state index is 0.0264. The number of phenolic OH excluding ortho intramolecular Hbond substituents is 1. The van der Waals surface area contributed by atoms with E-state index in [1.165, 1.54) is 12.1 Å². The summed E-state index contributed by atoms with van der Waals surface area (Å²) in [5.74, 6) is -0.919. The lowest BCUT2D eigenvalue weighted by molar-refractivity contribution is 0.392. The molecular formula is C18H21N3O6S2. The van der Waals surface area contributed by atoms with E-state index < -0.39 is 26.1 Å². The molecule has 0 fully saturated rings. The van der Waals surface area contributed by atoms with E-state index >= 15 is 0 Å². The first kappa shape index (κ1) is 20.8. The van der Waals surface area contributed by atoms with E-state index in [9.17, 15) is 27.0 Å². The lowest BCUT2D eigenvalue weighted by atomic mass is 10.0. The number of aliphatic hydroxyl groups is 1. The van der Waals surface area contributed by atoms with E-state index in [1.54, 1.807) is 25.1 Å². The molecule has 2 aromatic carbocycles. The van der Waals surface area contributed by atoms with Gasteiger partial charge in [-0.25, -0.2) is 17.4 Å². The van der Waals surface area contributed by atoms with Crippen LogP contribution in [0, 0.1) is 6.92 Å². The lowest BCUT2D eigenvalue weighted by Gasteiger charge is -2.17. The van der Waals surface area contributed by atoms with Crippen molar-refractivity contribution in [2.24, 2.45) is 0 Å². The maximum atomic E-state index is 12.0. The molecule has 0 unspecified atom stereocenters. The van der Waals surface area contributed by atoms with Crippen molar-refractivity contribution < 1.29 is 27.0 Å². The van der Waals surface area contributed by atoms with Crippen LogP contribution in [-0.4, -0.2) is 32.8 Å². The molecule has 0 aromatic heterocycles. The Balaban J connectivity index is 1.93. The summed E-state index contributed by atoms with van der Waals surface area (Å²) < 4.78 is 53.0. The molecule has 1 heterocycles. The quantitative estimate of drug-likeness (QED) is 0.544. The summed E-state index contributed by atoms with van der Waals surface area (Å²) in [5, 5.41) is 19.7. The molecule has 9 nitrogen and oxygen atoms in total. The number of aryl methyl sites for hydroxylation is 1. The van der Waals surface area contributed by atoms with Crippen molar-refractivity contribution in [1.29, 1.82) is 0 Å². The molecule has 1 aliphatic heterocycles. The average Bonchev–Trinajstić information content (AvgIpc) is 2.89. The minimum atomic E-state index is -4.02. The van der Waals surface area contributed by atoms with E-state index in [2.05, 4.69) is 4.72 Å². The fourth-order valence-corrected chi connectivity index (χ4v) is 4.63. The molecule has 156 valence electrons. The van der Waals surface area contributed by atoms with Gasteiger partial charge >= 0.3 is 10.2 Å². The van der Waals surface area contributed by atoms with Crippen LogP contribution in [0.1, 0.15) is 23.6 Å². The Morgan fingerprint density at radius 3 is 2.45 bits per heavy atom. The Labute approximate surface area is 169 Å². The fraction of sp³-hybridized carbons (Fsp3) is 0.222. The lowest BCUT2D eigenvalue weighted by Crippen LogP contribution is -2.29. The van der Waals surface area contributed by atoms with Gasteiger partial charge in [0.2, 0.25) is 15.9 Å². The number of nitrogens with zero attached hydrogens (tertiary/aromatic N) is 1. The number of benzene rings is 2. The molecule has 0 radical (unpaired) electrons. The van der Waals surface area contributed by atoms with Crippen LogP contribution in [0.15, 0.2) is 48.5 Å². The van der Waals surface area contributed by atoms with Crippen molar-refractivity contribution in [2.45, 2.75) is 20.3 Å². The van der Waals surface area contributed by atoms with E-state index in [-0.39, 0.29) is 17.2 Å². The van der Waals surface area contributed by atoms with Gasteiger partial charge in [-0.1, -0.05) is 23.8 Å². The molecular weight excluding hydrogens is 418 g/mol. The molecule has 0 saturated heterocycles. The van der Waals surface area contributed by atoms with Crippen LogP contribution in [0.25, 0.3) is 0 Å². The molecule has 0 aliphatic carbocycles. The first-order chi connectivity index (χ1) is 13.5. The highest BCUT2D eigenvalue weighted by Gasteiger charge is 2.30. The maximum Gasteiger partial charge on any atom is 0.330 e. The van der Waals surface area contributed by atoms with Gasteiger partial charge in [-0.05, 0) is 49.6 Å². The number of sulfonamides is 1. The van der Waals surface area contributed by atoms with Gasteiger partial charge in [0, 0.05) is 0 Å². The number of hydrogen-bond acceptors (Lipinski definition) is 6. The SMILES string of the molecule is CCS(=O)(=O)Nc1ccc(C)cc1Cc1ccc(N2C=C(O)NS2(=O)=O)c(O)c1. The Morgan fingerprint density at radius 2 is 1.86 bits per heavy atom. The standard InChI is InChI=1S/C18H21N3O6S2/c1-3-28(24,25)19-15-6-4-12(2)8-14(15)9-13-5-7-16(17(22)10-13)21-11-18(23)20-29(21,26)27/h4-8,10-11,19-20,22-23H,3,9H2,1-2H3. The van der Waals surface area contributed by atoms with Gasteiger partial charge in [-0.15, -0.1) is 0 Å². The van der Waals surface area contributed by atoms with Crippen molar-refractivity contribution in [3.63, 3.8) is 0 Å². The number of anilines is 2. The normalized spacial score (nSPS) is 15.7. The molecule has 0 bridgehead atoms. The van der Waals surface area contributed by atoms with Gasteiger partial charge in [-0.2, -0.15) is 8.42 Å². The zero-order chi connectivity index (χ0) is 21.4. The summed E-state index contributed by atoms with van der Waals surface area (Å²) in [4.78, 5) is 0. The van der Waals surface area contributed by atoms with Crippen LogP contribution in [-0.2, 0) is 26.7 Å². The van der Waals surface area contributed by atoms with Crippen LogP contribution < -0.4 is 13.7 Å². The van der Waals surface area contributed by atoms with Crippen molar-refractivity contribution >= 4 is 31.6 Å². The average molecular weight is 440 g/mol. The third-order valence-electron chi connectivity index (χ3n) is 4.31. The summed E-state index contributed by atoms with van der Waals surface area (Å²) >= 11 is 0. The topological polar surface area (TPSA) is 136 Å². The number of aliphatic hydroxyl groups excluding tert-OH is 1. The van der Waals surface area contributed by atoms with Crippen molar-refractivity contribution in [3.05, 3.63) is 65.2 Å². The highest BCUT2D eigenvalue weighted by molar-refractivity contribution is 7.92. The third kappa shape index (κ3) is 4.57. The van der Waals surface area contributed by atoms with Gasteiger partial charge in [0.05, 0.1) is 17.6 Å². The van der Waals surface area contributed by atoms with E-state index in [0.717, 1.165) is 16.1 Å². The smallest absolute Gasteiger partial charge is 0.330 e. The highest BCUT2D eigenvalue weighted by Crippen LogP contribution is 2.33. The summed E-state index contributed by atoms with van der Waals surface area (Å²) in [5.41, 5.74) is 2.71. The predicted molar refractivity (Wildman–Crippen MR) is 110 cm³/mol. The second-order valence-electron chi connectivity index (χ2n) is 6.58. The molecule has 11 heteroatoms. The second-order valence-corrected chi connectivity index (χ2v) is 10.1. The molecule has 0 spiro atoms. The number of phenols is 1. The van der Waals surface area contributed by atoms with E-state index in [1.807, 2.05) is 17.7 Å². The fourth-order valence-electron chi connectivity index (χ4n) is 2.88. The van der Waals surface area contributed by atoms with Crippen LogP contribution >= 0.6 is 0 Å². The van der Waals surface area contributed by atoms with Gasteiger partial charge in [0.1, 0.15) is 11.4 Å². The van der Waals surface area contributed by atoms with Crippen molar-refractivity contribution in [1.82, 2.24) is 4.72 Å². The van der Waals surface area contributed by atoms with Gasteiger partial charge < -0.3 is 10.2 Å². The van der Waals surface area contributed by atoms with Gasteiger partial charge in [0.15, 0.2) is 0 Å². The van der Waals surface area contributed by atoms with Crippen LogP contribution in [0.3, 0.4) is 0 Å². The zero-order valence-corrected chi connectivity index (χ0v) is 17.4. The second kappa shape index (κ2) is 7.48. The zero-order valence-electron chi connectivity index (χ0n) is 15.7. The minimum Gasteiger partial charge on any atom is -0.506 e. The van der Waals surface area contributed by atoms with E-state index in [4.69, 9.17) is 0 Å². The Bertz CT molecular complexity index is 1190. The van der Waals surface area contributed by atoms with Gasteiger partial charge in [0.25, 0.3) is 0 Å². The molecule has 3 rings (SSSR count). The van der Waals surface area contributed by atoms with E-state index in [0.29, 0.717) is 23.2 Å². The summed E-state index contributed by atoms with van der Waals surface area (Å²) in [7, 11) is -7.47. The van der Waals surface area contributed by atoms with Crippen LogP contribution in [0.5, 0.6) is 5.75 Å². The Kier molecular flexibility index (Phi) is 5.37. The van der Waals surface area contributed by atoms with Crippen LogP contribution in [0.2, 0.25) is 0 Å². The molecule has 0 amide bonds. The number of rotatable bonds is 6. The summed E-state index contributed by atoms with van der Waals surface area (Å²) in [6, 6.07) is 9.74. The molecule has 4 N–H and O–H groups in total. The predicted octanol–water partition coefficient (Wildman–Crippen LogP) is 2.06. The van der Waals surface area contributed by atoms with Crippen molar-refractivity contribution in [3.8, 4) is 5.75 Å². The first-order valence-electron chi connectivity index (χ1n) is 8.65. The number of hydrogen-bond donors (Lipinski definition) is 4. The summed E-state index contributed by atoms with van der Waals surface area (Å²) in [6.45, 7) is 3.42. The molecule has 2 aromatic rings. The molecule has 0 saturated carbocycles. The Hall–Kier alpha value is -2.92. The summed E-state index contributed by atoms with van der Waals surface area (Å²) in [6.07, 6.45) is 1.26.